The molecule has 3 nitrogen and oxygen atoms in total. The van der Waals surface area contributed by atoms with Crippen molar-refractivity contribution in [3.05, 3.63) is 69.3 Å². The van der Waals surface area contributed by atoms with Crippen LogP contribution in [-0.4, -0.2) is 24.5 Å². The zero-order chi connectivity index (χ0) is 21.5. The van der Waals surface area contributed by atoms with Gasteiger partial charge in [-0.2, -0.15) is 0 Å². The Morgan fingerprint density at radius 1 is 1.03 bits per heavy atom. The lowest BCUT2D eigenvalue weighted by molar-refractivity contribution is -0.305. The van der Waals surface area contributed by atoms with Gasteiger partial charge >= 0.3 is 0 Å². The lowest BCUT2D eigenvalue weighted by atomic mass is 9.78. The van der Waals surface area contributed by atoms with Crippen molar-refractivity contribution in [2.75, 3.05) is 6.54 Å². The minimum absolute atomic E-state index is 0.145. The number of benzene rings is 2. The van der Waals surface area contributed by atoms with Crippen LogP contribution in [-0.2, 0) is 22.3 Å². The van der Waals surface area contributed by atoms with Gasteiger partial charge in [-0.15, -0.1) is 0 Å². The molecule has 1 saturated heterocycles. The molecule has 2 aromatic rings. The van der Waals surface area contributed by atoms with E-state index in [9.17, 15) is 0 Å². The quantitative estimate of drug-likeness (QED) is 0.583. The van der Waals surface area contributed by atoms with Gasteiger partial charge in [0.1, 0.15) is 0 Å². The van der Waals surface area contributed by atoms with Crippen LogP contribution in [0.25, 0.3) is 11.6 Å². The first-order valence-corrected chi connectivity index (χ1v) is 11.4. The molecule has 1 heterocycles. The number of ether oxygens (including phenoxy) is 2. The summed E-state index contributed by atoms with van der Waals surface area (Å²) in [5, 5.41) is 0. The highest BCUT2D eigenvalue weighted by Crippen LogP contribution is 2.42. The molecule has 1 aliphatic carbocycles. The number of hydrogen-bond donors (Lipinski definition) is 1. The summed E-state index contributed by atoms with van der Waals surface area (Å²) in [5.74, 6) is -0.761. The number of fused-ring (bicyclic) bond motifs is 1. The van der Waals surface area contributed by atoms with Crippen LogP contribution in [0.5, 0.6) is 0 Å². The molecule has 160 valence electrons. The van der Waals surface area contributed by atoms with Crippen LogP contribution >= 0.6 is 0 Å². The first-order chi connectivity index (χ1) is 14.3. The Labute approximate surface area is 181 Å². The SMILES string of the molecule is CCCc1ccc2c(c1)C(c1cc(C)cc(C)c1CC1(CN)OC(C)CC(C)O1)=C2. The molecule has 30 heavy (non-hydrogen) atoms. The molecule has 3 heteroatoms. The molecule has 0 bridgehead atoms. The fourth-order valence-corrected chi connectivity index (χ4v) is 5.10. The summed E-state index contributed by atoms with van der Waals surface area (Å²) in [6.45, 7) is 11.2. The zero-order valence-electron chi connectivity index (χ0n) is 19.0. The van der Waals surface area contributed by atoms with Crippen molar-refractivity contribution in [1.29, 1.82) is 0 Å². The smallest absolute Gasteiger partial charge is 0.185 e. The van der Waals surface area contributed by atoms with Crippen LogP contribution in [0.1, 0.15) is 72.6 Å². The third-order valence-corrected chi connectivity index (χ3v) is 6.41. The maximum Gasteiger partial charge on any atom is 0.185 e. The van der Waals surface area contributed by atoms with Crippen molar-refractivity contribution in [3.63, 3.8) is 0 Å². The van der Waals surface area contributed by atoms with Gasteiger partial charge in [0.25, 0.3) is 0 Å². The number of rotatable bonds is 6. The molecule has 2 unspecified atom stereocenters. The predicted octanol–water partition coefficient (Wildman–Crippen LogP) is 5.57. The van der Waals surface area contributed by atoms with Crippen LogP contribution < -0.4 is 5.73 Å². The molecule has 2 N–H and O–H groups in total. The Kier molecular flexibility index (Phi) is 5.89. The summed E-state index contributed by atoms with van der Waals surface area (Å²) in [7, 11) is 0. The van der Waals surface area contributed by atoms with Crippen LogP contribution in [0.15, 0.2) is 30.3 Å². The average molecular weight is 406 g/mol. The van der Waals surface area contributed by atoms with Gasteiger partial charge in [0.05, 0.1) is 12.2 Å². The molecule has 1 aliphatic heterocycles. The highest BCUT2D eigenvalue weighted by atomic mass is 16.7. The monoisotopic (exact) mass is 405 g/mol. The molecule has 0 aromatic heterocycles. The third kappa shape index (κ3) is 3.99. The van der Waals surface area contributed by atoms with Crippen molar-refractivity contribution in [1.82, 2.24) is 0 Å². The average Bonchev–Trinajstić information content (AvgIpc) is 2.66. The van der Waals surface area contributed by atoms with Crippen molar-refractivity contribution in [2.45, 2.75) is 78.3 Å². The summed E-state index contributed by atoms with van der Waals surface area (Å²) in [6, 6.07) is 11.4. The topological polar surface area (TPSA) is 44.5 Å². The van der Waals surface area contributed by atoms with Gasteiger partial charge in [0, 0.05) is 13.0 Å². The molecule has 0 spiro atoms. The molecule has 0 radical (unpaired) electrons. The Bertz CT molecular complexity index is 965. The molecule has 2 atom stereocenters. The van der Waals surface area contributed by atoms with Crippen LogP contribution in [0.3, 0.4) is 0 Å². The molecule has 1 fully saturated rings. The van der Waals surface area contributed by atoms with Gasteiger partial charge in [0.2, 0.25) is 0 Å². The van der Waals surface area contributed by atoms with E-state index in [1.54, 1.807) is 0 Å². The number of nitrogens with two attached hydrogens (primary N) is 1. The van der Waals surface area contributed by atoms with E-state index in [1.165, 1.54) is 44.5 Å². The molecule has 4 rings (SSSR count). The third-order valence-electron chi connectivity index (χ3n) is 6.41. The highest BCUT2D eigenvalue weighted by molar-refractivity contribution is 6.04. The Balaban J connectivity index is 1.73. The minimum atomic E-state index is -0.761. The summed E-state index contributed by atoms with van der Waals surface area (Å²) in [6.07, 6.45) is 6.45. The zero-order valence-corrected chi connectivity index (χ0v) is 19.0. The van der Waals surface area contributed by atoms with E-state index < -0.39 is 5.79 Å². The second kappa shape index (κ2) is 8.30. The normalized spacial score (nSPS) is 25.5. The van der Waals surface area contributed by atoms with Gasteiger partial charge < -0.3 is 15.2 Å². The molecule has 2 aliphatic rings. The molecular formula is C27H35NO2. The first kappa shape index (κ1) is 21.3. The fraction of sp³-hybridized carbons (Fsp3) is 0.481. The lowest BCUT2D eigenvalue weighted by Crippen LogP contribution is -2.53. The maximum atomic E-state index is 6.32. The van der Waals surface area contributed by atoms with E-state index in [0.717, 1.165) is 19.3 Å². The fourth-order valence-electron chi connectivity index (χ4n) is 5.10. The lowest BCUT2D eigenvalue weighted by Gasteiger charge is -2.43. The van der Waals surface area contributed by atoms with E-state index in [1.807, 2.05) is 0 Å². The van der Waals surface area contributed by atoms with E-state index >= 15 is 0 Å². The second-order valence-corrected chi connectivity index (χ2v) is 9.22. The van der Waals surface area contributed by atoms with Gasteiger partial charge in [-0.05, 0) is 85.6 Å². The standard InChI is InChI=1S/C27H35NO2/c1-6-7-21-8-9-22-14-25(23(22)13-21)24-11-17(2)10-18(3)26(24)15-27(16-28)29-19(4)12-20(5)30-27/h8-11,13-14,19-20H,6-7,12,15-16,28H2,1-5H3. The maximum absolute atomic E-state index is 6.32. The number of aryl methyl sites for hydroxylation is 3. The van der Waals surface area contributed by atoms with Crippen LogP contribution in [0.2, 0.25) is 0 Å². The van der Waals surface area contributed by atoms with Crippen molar-refractivity contribution in [3.8, 4) is 0 Å². The molecule has 0 saturated carbocycles. The highest BCUT2D eigenvalue weighted by Gasteiger charge is 2.40. The largest absolute Gasteiger partial charge is 0.345 e. The summed E-state index contributed by atoms with van der Waals surface area (Å²) >= 11 is 0. The van der Waals surface area contributed by atoms with Crippen LogP contribution in [0.4, 0.5) is 0 Å². The van der Waals surface area contributed by atoms with Gasteiger partial charge in [-0.1, -0.05) is 49.2 Å². The summed E-state index contributed by atoms with van der Waals surface area (Å²) in [4.78, 5) is 0. The van der Waals surface area contributed by atoms with Crippen molar-refractivity contribution < 1.29 is 9.47 Å². The van der Waals surface area contributed by atoms with Crippen LogP contribution in [0, 0.1) is 13.8 Å². The number of hydrogen-bond acceptors (Lipinski definition) is 3. The Morgan fingerprint density at radius 2 is 1.77 bits per heavy atom. The van der Waals surface area contributed by atoms with E-state index in [4.69, 9.17) is 15.2 Å². The predicted molar refractivity (Wildman–Crippen MR) is 125 cm³/mol. The first-order valence-electron chi connectivity index (χ1n) is 11.4. The van der Waals surface area contributed by atoms with E-state index in [-0.39, 0.29) is 12.2 Å². The van der Waals surface area contributed by atoms with Gasteiger partial charge in [0.15, 0.2) is 5.79 Å². The second-order valence-electron chi connectivity index (χ2n) is 9.22. The van der Waals surface area contributed by atoms with Gasteiger partial charge in [-0.25, -0.2) is 0 Å². The van der Waals surface area contributed by atoms with Crippen molar-refractivity contribution >= 4 is 11.6 Å². The minimum Gasteiger partial charge on any atom is -0.345 e. The van der Waals surface area contributed by atoms with Crippen molar-refractivity contribution in [2.24, 2.45) is 5.73 Å². The summed E-state index contributed by atoms with van der Waals surface area (Å²) < 4.78 is 12.6. The molecular weight excluding hydrogens is 370 g/mol. The molecule has 2 aromatic carbocycles. The Hall–Kier alpha value is -1.94. The van der Waals surface area contributed by atoms with E-state index in [2.05, 4.69) is 71.0 Å². The van der Waals surface area contributed by atoms with E-state index in [0.29, 0.717) is 13.0 Å². The Morgan fingerprint density at radius 3 is 2.43 bits per heavy atom. The molecule has 0 amide bonds. The van der Waals surface area contributed by atoms with Gasteiger partial charge in [-0.3, -0.25) is 0 Å². The summed E-state index contributed by atoms with van der Waals surface area (Å²) in [5.41, 5.74) is 16.8.